The van der Waals surface area contributed by atoms with Gasteiger partial charge in [-0.2, -0.15) is 0 Å². The Bertz CT molecular complexity index is 527. The van der Waals surface area contributed by atoms with Gasteiger partial charge in [0.1, 0.15) is 5.75 Å². The summed E-state index contributed by atoms with van der Waals surface area (Å²) in [5, 5.41) is 0. The number of hydrogen-bond acceptors (Lipinski definition) is 5. The number of benzene rings is 1. The third kappa shape index (κ3) is 5.16. The number of hydrogen-bond donors (Lipinski definition) is 2. The van der Waals surface area contributed by atoms with Crippen molar-refractivity contribution in [3.8, 4) is 5.75 Å². The highest BCUT2D eigenvalue weighted by atomic mass is 32.2. The third-order valence-corrected chi connectivity index (χ3v) is 3.78. The Hall–Kier alpha value is -1.64. The van der Waals surface area contributed by atoms with Gasteiger partial charge in [-0.05, 0) is 31.2 Å². The van der Waals surface area contributed by atoms with E-state index < -0.39 is 15.9 Å². The maximum atomic E-state index is 11.9. The zero-order chi connectivity index (χ0) is 15.0. The Kier molecular flexibility index (Phi) is 6.43. The van der Waals surface area contributed by atoms with E-state index >= 15 is 0 Å². The van der Waals surface area contributed by atoms with Crippen LogP contribution in [0.15, 0.2) is 29.2 Å². The van der Waals surface area contributed by atoms with Crippen molar-refractivity contribution in [3.63, 3.8) is 0 Å². The summed E-state index contributed by atoms with van der Waals surface area (Å²) >= 11 is 0. The normalized spacial score (nSPS) is 11.1. The highest BCUT2D eigenvalue weighted by Crippen LogP contribution is 2.15. The number of rotatable bonds is 8. The predicted molar refractivity (Wildman–Crippen MR) is 72.6 cm³/mol. The van der Waals surface area contributed by atoms with Crippen LogP contribution in [-0.4, -0.2) is 34.6 Å². The lowest BCUT2D eigenvalue weighted by Gasteiger charge is -2.08. The largest absolute Gasteiger partial charge is 0.494 e. The zero-order valence-corrected chi connectivity index (χ0v) is 12.2. The van der Waals surface area contributed by atoms with Gasteiger partial charge in [-0.3, -0.25) is 9.63 Å². The van der Waals surface area contributed by atoms with Crippen LogP contribution in [0, 0.1) is 0 Å². The predicted octanol–water partition coefficient (Wildman–Crippen LogP) is 0.431. The lowest BCUT2D eigenvalue weighted by molar-refractivity contribution is -0.131. The molecule has 1 amide bonds. The lowest BCUT2D eigenvalue weighted by atomic mass is 10.3. The molecule has 0 bridgehead atoms. The van der Waals surface area contributed by atoms with Crippen LogP contribution in [0.4, 0.5) is 0 Å². The molecule has 1 rings (SSSR count). The van der Waals surface area contributed by atoms with Crippen LogP contribution in [0.2, 0.25) is 0 Å². The summed E-state index contributed by atoms with van der Waals surface area (Å²) in [7, 11) is -2.32. The highest BCUT2D eigenvalue weighted by molar-refractivity contribution is 7.89. The molecule has 0 aromatic heterocycles. The van der Waals surface area contributed by atoms with Crippen molar-refractivity contribution in [3.05, 3.63) is 24.3 Å². The van der Waals surface area contributed by atoms with Crippen LogP contribution >= 0.6 is 0 Å². The van der Waals surface area contributed by atoms with Gasteiger partial charge in [0.05, 0.1) is 18.6 Å². The van der Waals surface area contributed by atoms with Gasteiger partial charge in [0.15, 0.2) is 0 Å². The van der Waals surface area contributed by atoms with E-state index in [2.05, 4.69) is 15.0 Å². The fourth-order valence-electron chi connectivity index (χ4n) is 1.43. The Labute approximate surface area is 118 Å². The zero-order valence-electron chi connectivity index (χ0n) is 11.4. The maximum absolute atomic E-state index is 11.9. The number of carbonyl (C=O) groups excluding carboxylic acids is 1. The van der Waals surface area contributed by atoms with Crippen molar-refractivity contribution in [2.75, 3.05) is 20.3 Å². The van der Waals surface area contributed by atoms with Gasteiger partial charge in [-0.15, -0.1) is 0 Å². The number of nitrogens with one attached hydrogen (secondary N) is 2. The number of sulfonamides is 1. The van der Waals surface area contributed by atoms with E-state index in [1.54, 1.807) is 12.1 Å². The van der Waals surface area contributed by atoms with E-state index in [9.17, 15) is 13.2 Å². The molecule has 0 aliphatic carbocycles. The monoisotopic (exact) mass is 302 g/mol. The van der Waals surface area contributed by atoms with Gasteiger partial charge in [-0.1, -0.05) is 0 Å². The first-order valence-electron chi connectivity index (χ1n) is 6.04. The number of hydroxylamine groups is 1. The summed E-state index contributed by atoms with van der Waals surface area (Å²) in [5.41, 5.74) is 2.10. The Morgan fingerprint density at radius 1 is 1.25 bits per heavy atom. The molecular formula is C12H18N2O5S. The second-order valence-corrected chi connectivity index (χ2v) is 5.55. The molecule has 2 N–H and O–H groups in total. The van der Waals surface area contributed by atoms with Crippen LogP contribution in [0.5, 0.6) is 5.75 Å². The molecule has 0 unspecified atom stereocenters. The number of ether oxygens (including phenoxy) is 1. The summed E-state index contributed by atoms with van der Waals surface area (Å²) in [6.45, 7) is 2.35. The minimum Gasteiger partial charge on any atom is -0.494 e. The Balaban J connectivity index is 2.57. The first-order valence-corrected chi connectivity index (χ1v) is 7.52. The lowest BCUT2D eigenvalue weighted by Crippen LogP contribution is -2.30. The molecule has 0 saturated carbocycles. The molecule has 1 aromatic carbocycles. The smallest absolute Gasteiger partial charge is 0.244 e. The number of carbonyl (C=O) groups is 1. The van der Waals surface area contributed by atoms with Crippen molar-refractivity contribution >= 4 is 15.9 Å². The summed E-state index contributed by atoms with van der Waals surface area (Å²) in [6.07, 6.45) is -0.00982. The summed E-state index contributed by atoms with van der Waals surface area (Å²) in [4.78, 5) is 15.6. The van der Waals surface area contributed by atoms with Gasteiger partial charge in [-0.25, -0.2) is 18.6 Å². The summed E-state index contributed by atoms with van der Waals surface area (Å²) < 4.78 is 31.4. The van der Waals surface area contributed by atoms with Gasteiger partial charge in [0, 0.05) is 13.0 Å². The SMILES string of the molecule is CCOc1ccc(S(=O)(=O)NCCC(=O)NOC)cc1. The van der Waals surface area contributed by atoms with Crippen molar-refractivity contribution in [2.24, 2.45) is 0 Å². The molecule has 20 heavy (non-hydrogen) atoms. The average molecular weight is 302 g/mol. The molecule has 0 heterocycles. The van der Waals surface area contributed by atoms with Crippen molar-refractivity contribution in [1.82, 2.24) is 10.2 Å². The third-order valence-electron chi connectivity index (χ3n) is 2.31. The molecule has 0 atom stereocenters. The molecule has 0 fully saturated rings. The van der Waals surface area contributed by atoms with Gasteiger partial charge in [0.2, 0.25) is 15.9 Å². The molecule has 0 aliphatic rings. The van der Waals surface area contributed by atoms with Crippen LogP contribution in [0.3, 0.4) is 0 Å². The molecule has 8 heteroatoms. The van der Waals surface area contributed by atoms with Gasteiger partial charge < -0.3 is 4.74 Å². The molecular weight excluding hydrogens is 284 g/mol. The quantitative estimate of drug-likeness (QED) is 0.679. The van der Waals surface area contributed by atoms with E-state index in [-0.39, 0.29) is 17.9 Å². The Morgan fingerprint density at radius 2 is 1.90 bits per heavy atom. The molecule has 0 saturated heterocycles. The van der Waals surface area contributed by atoms with Crippen LogP contribution in [-0.2, 0) is 19.7 Å². The van der Waals surface area contributed by atoms with Crippen molar-refractivity contribution in [1.29, 1.82) is 0 Å². The second-order valence-electron chi connectivity index (χ2n) is 3.78. The van der Waals surface area contributed by atoms with E-state index in [1.807, 2.05) is 6.92 Å². The molecule has 112 valence electrons. The number of amides is 1. The van der Waals surface area contributed by atoms with E-state index in [1.165, 1.54) is 19.2 Å². The van der Waals surface area contributed by atoms with Crippen LogP contribution < -0.4 is 14.9 Å². The minimum absolute atomic E-state index is 0.00919. The second kappa shape index (κ2) is 7.83. The standard InChI is InChI=1S/C12H18N2O5S/c1-3-19-10-4-6-11(7-5-10)20(16,17)13-9-8-12(15)14-18-2/h4-7,13H,3,8-9H2,1-2H3,(H,14,15). The first kappa shape index (κ1) is 16.4. The van der Waals surface area contributed by atoms with Gasteiger partial charge >= 0.3 is 0 Å². The molecule has 0 spiro atoms. The minimum atomic E-state index is -3.63. The summed E-state index contributed by atoms with van der Waals surface area (Å²) in [6, 6.07) is 6.05. The van der Waals surface area contributed by atoms with Crippen LogP contribution in [0.25, 0.3) is 0 Å². The first-order chi connectivity index (χ1) is 9.49. The molecule has 0 radical (unpaired) electrons. The average Bonchev–Trinajstić information content (AvgIpc) is 2.40. The molecule has 7 nitrogen and oxygen atoms in total. The van der Waals surface area contributed by atoms with Crippen LogP contribution in [0.1, 0.15) is 13.3 Å². The van der Waals surface area contributed by atoms with Crippen molar-refractivity contribution in [2.45, 2.75) is 18.2 Å². The van der Waals surface area contributed by atoms with E-state index in [0.29, 0.717) is 12.4 Å². The molecule has 1 aromatic rings. The molecule has 0 aliphatic heterocycles. The maximum Gasteiger partial charge on any atom is 0.244 e. The topological polar surface area (TPSA) is 93.7 Å². The van der Waals surface area contributed by atoms with Gasteiger partial charge in [0.25, 0.3) is 0 Å². The fourth-order valence-corrected chi connectivity index (χ4v) is 2.46. The fraction of sp³-hybridized carbons (Fsp3) is 0.417. The Morgan fingerprint density at radius 3 is 2.45 bits per heavy atom. The summed E-state index contributed by atoms with van der Waals surface area (Å²) in [5.74, 6) is 0.202. The van der Waals surface area contributed by atoms with Crippen molar-refractivity contribution < 1.29 is 22.8 Å². The van der Waals surface area contributed by atoms with E-state index in [4.69, 9.17) is 4.74 Å². The highest BCUT2D eigenvalue weighted by Gasteiger charge is 2.14. The van der Waals surface area contributed by atoms with E-state index in [0.717, 1.165) is 0 Å².